The van der Waals surface area contributed by atoms with Gasteiger partial charge in [0.25, 0.3) is 0 Å². The summed E-state index contributed by atoms with van der Waals surface area (Å²) < 4.78 is 13.2. The molecule has 5 heteroatoms. The van der Waals surface area contributed by atoms with E-state index in [0.717, 1.165) is 5.56 Å². The second-order valence-electron chi connectivity index (χ2n) is 4.64. The zero-order chi connectivity index (χ0) is 14.0. The van der Waals surface area contributed by atoms with Crippen molar-refractivity contribution in [2.75, 3.05) is 5.32 Å². The third-order valence-electron chi connectivity index (χ3n) is 2.71. The van der Waals surface area contributed by atoms with Gasteiger partial charge in [0.05, 0.1) is 0 Å². The average molecular weight is 280 g/mol. The Labute approximate surface area is 116 Å². The van der Waals surface area contributed by atoms with Gasteiger partial charge in [-0.15, -0.1) is 0 Å². The minimum Gasteiger partial charge on any atom is -0.340 e. The summed E-state index contributed by atoms with van der Waals surface area (Å²) in [4.78, 5) is 8.66. The highest BCUT2D eigenvalue weighted by molar-refractivity contribution is 6.30. The molecule has 0 unspecified atom stereocenters. The van der Waals surface area contributed by atoms with E-state index in [-0.39, 0.29) is 11.7 Å². The van der Waals surface area contributed by atoms with Gasteiger partial charge < -0.3 is 5.32 Å². The molecule has 0 bridgehead atoms. The number of benzene rings is 1. The van der Waals surface area contributed by atoms with E-state index in [1.807, 2.05) is 20.8 Å². The van der Waals surface area contributed by atoms with Gasteiger partial charge >= 0.3 is 0 Å². The van der Waals surface area contributed by atoms with Gasteiger partial charge in [0.15, 0.2) is 0 Å². The van der Waals surface area contributed by atoms with Crippen molar-refractivity contribution in [1.82, 2.24) is 9.97 Å². The van der Waals surface area contributed by atoms with Crippen LogP contribution in [0.2, 0.25) is 5.15 Å². The molecule has 0 aliphatic carbocycles. The maximum absolute atomic E-state index is 13.2. The van der Waals surface area contributed by atoms with E-state index >= 15 is 0 Å². The molecule has 0 fully saturated rings. The molecule has 0 aliphatic rings. The smallest absolute Gasteiger partial charge is 0.138 e. The first-order valence-corrected chi connectivity index (χ1v) is 6.42. The van der Waals surface area contributed by atoms with Crippen LogP contribution in [-0.4, -0.2) is 9.97 Å². The molecule has 0 saturated heterocycles. The lowest BCUT2D eigenvalue weighted by Gasteiger charge is -2.13. The number of nitrogens with one attached hydrogen (secondary N) is 1. The number of halogens is 2. The van der Waals surface area contributed by atoms with Crippen molar-refractivity contribution in [2.24, 2.45) is 0 Å². The Kier molecular flexibility index (Phi) is 4.00. The van der Waals surface area contributed by atoms with Crippen LogP contribution in [0.4, 0.5) is 15.9 Å². The fraction of sp³-hybridized carbons (Fsp3) is 0.286. The van der Waals surface area contributed by atoms with Crippen LogP contribution in [-0.2, 0) is 0 Å². The first-order chi connectivity index (χ1) is 8.97. The minimum atomic E-state index is -0.299. The molecule has 1 N–H and O–H groups in total. The lowest BCUT2D eigenvalue weighted by Crippen LogP contribution is -2.05. The van der Waals surface area contributed by atoms with Crippen LogP contribution in [0.25, 0.3) is 0 Å². The van der Waals surface area contributed by atoms with Crippen LogP contribution in [0.5, 0.6) is 0 Å². The highest BCUT2D eigenvalue weighted by Crippen LogP contribution is 2.25. The Bertz CT molecular complexity index is 599. The third kappa shape index (κ3) is 3.20. The summed E-state index contributed by atoms with van der Waals surface area (Å²) in [6, 6.07) is 6.21. The molecule has 2 aromatic rings. The minimum absolute atomic E-state index is 0.172. The second kappa shape index (κ2) is 5.53. The largest absolute Gasteiger partial charge is 0.340 e. The molecule has 2 rings (SSSR count). The Morgan fingerprint density at radius 3 is 2.63 bits per heavy atom. The van der Waals surface area contributed by atoms with E-state index in [1.54, 1.807) is 12.1 Å². The van der Waals surface area contributed by atoms with E-state index in [9.17, 15) is 4.39 Å². The maximum atomic E-state index is 13.2. The summed E-state index contributed by atoms with van der Waals surface area (Å²) in [5.41, 5.74) is 1.38. The summed E-state index contributed by atoms with van der Waals surface area (Å²) in [5.74, 6) is 1.14. The number of hydrogen-bond donors (Lipinski definition) is 1. The van der Waals surface area contributed by atoms with Gasteiger partial charge in [0, 0.05) is 17.2 Å². The van der Waals surface area contributed by atoms with Crippen molar-refractivity contribution in [3.8, 4) is 0 Å². The van der Waals surface area contributed by atoms with Crippen molar-refractivity contribution < 1.29 is 4.39 Å². The van der Waals surface area contributed by atoms with Gasteiger partial charge in [0.2, 0.25) is 0 Å². The molecule has 0 aliphatic heterocycles. The Balaban J connectivity index is 2.39. The van der Waals surface area contributed by atoms with E-state index in [1.165, 1.54) is 12.1 Å². The number of hydrogen-bond acceptors (Lipinski definition) is 3. The average Bonchev–Trinajstić information content (AvgIpc) is 2.34. The van der Waals surface area contributed by atoms with Gasteiger partial charge in [-0.2, -0.15) is 0 Å². The molecule has 0 spiro atoms. The molecule has 0 radical (unpaired) electrons. The standard InChI is InChI=1S/C14H15ClFN3/c1-8(2)13-18-12(15)9(3)14(19-13)17-11-6-4-5-10(16)7-11/h4-8H,1-3H3,(H,17,18,19). The van der Waals surface area contributed by atoms with Crippen molar-refractivity contribution in [2.45, 2.75) is 26.7 Å². The topological polar surface area (TPSA) is 37.8 Å². The summed E-state index contributed by atoms with van der Waals surface area (Å²) in [6.45, 7) is 5.81. The van der Waals surface area contributed by atoms with Gasteiger partial charge in [-0.3, -0.25) is 0 Å². The highest BCUT2D eigenvalue weighted by atomic mass is 35.5. The van der Waals surface area contributed by atoms with E-state index < -0.39 is 0 Å². The molecular formula is C14H15ClFN3. The quantitative estimate of drug-likeness (QED) is 0.844. The van der Waals surface area contributed by atoms with Crippen molar-refractivity contribution in [3.05, 3.63) is 46.6 Å². The van der Waals surface area contributed by atoms with Gasteiger partial charge in [-0.1, -0.05) is 31.5 Å². The highest BCUT2D eigenvalue weighted by Gasteiger charge is 2.12. The number of anilines is 2. The molecule has 100 valence electrons. The van der Waals surface area contributed by atoms with E-state index in [2.05, 4.69) is 15.3 Å². The summed E-state index contributed by atoms with van der Waals surface area (Å²) >= 11 is 6.10. The Morgan fingerprint density at radius 1 is 1.26 bits per heavy atom. The predicted molar refractivity (Wildman–Crippen MR) is 75.6 cm³/mol. The van der Waals surface area contributed by atoms with Gasteiger partial charge in [-0.05, 0) is 25.1 Å². The third-order valence-corrected chi connectivity index (χ3v) is 3.08. The normalized spacial score (nSPS) is 10.8. The fourth-order valence-corrected chi connectivity index (χ4v) is 1.76. The van der Waals surface area contributed by atoms with Crippen molar-refractivity contribution in [1.29, 1.82) is 0 Å². The molecule has 3 nitrogen and oxygen atoms in total. The maximum Gasteiger partial charge on any atom is 0.138 e. The lowest BCUT2D eigenvalue weighted by molar-refractivity contribution is 0.628. The molecule has 0 atom stereocenters. The van der Waals surface area contributed by atoms with Crippen LogP contribution in [0.3, 0.4) is 0 Å². The van der Waals surface area contributed by atoms with Gasteiger partial charge in [0.1, 0.15) is 22.6 Å². The van der Waals surface area contributed by atoms with Crippen LogP contribution >= 0.6 is 11.6 Å². The monoisotopic (exact) mass is 279 g/mol. The first-order valence-electron chi connectivity index (χ1n) is 6.04. The van der Waals surface area contributed by atoms with Crippen molar-refractivity contribution >= 4 is 23.1 Å². The lowest BCUT2D eigenvalue weighted by atomic mass is 10.2. The molecule has 19 heavy (non-hydrogen) atoms. The van der Waals surface area contributed by atoms with Crippen LogP contribution in [0.15, 0.2) is 24.3 Å². The van der Waals surface area contributed by atoms with Crippen LogP contribution < -0.4 is 5.32 Å². The summed E-state index contributed by atoms with van der Waals surface area (Å²) in [6.07, 6.45) is 0. The van der Waals surface area contributed by atoms with Crippen LogP contribution in [0, 0.1) is 12.7 Å². The Hall–Kier alpha value is -1.68. The second-order valence-corrected chi connectivity index (χ2v) is 4.99. The first kappa shape index (κ1) is 13.7. The number of nitrogens with zero attached hydrogens (tertiary/aromatic N) is 2. The fourth-order valence-electron chi connectivity index (χ4n) is 1.59. The van der Waals surface area contributed by atoms with E-state index in [0.29, 0.717) is 22.5 Å². The molecular weight excluding hydrogens is 265 g/mol. The zero-order valence-electron chi connectivity index (χ0n) is 11.0. The summed E-state index contributed by atoms with van der Waals surface area (Å²) in [7, 11) is 0. The molecule has 1 heterocycles. The molecule has 0 amide bonds. The van der Waals surface area contributed by atoms with Crippen molar-refractivity contribution in [3.63, 3.8) is 0 Å². The molecule has 1 aromatic heterocycles. The number of aromatic nitrogens is 2. The predicted octanol–water partition coefficient (Wildman–Crippen LogP) is 4.44. The zero-order valence-corrected chi connectivity index (χ0v) is 11.8. The van der Waals surface area contributed by atoms with Crippen LogP contribution in [0.1, 0.15) is 31.2 Å². The Morgan fingerprint density at radius 2 is 2.00 bits per heavy atom. The summed E-state index contributed by atoms with van der Waals surface area (Å²) in [5, 5.41) is 3.49. The molecule has 1 aromatic carbocycles. The molecule has 0 saturated carbocycles. The van der Waals surface area contributed by atoms with E-state index in [4.69, 9.17) is 11.6 Å². The number of rotatable bonds is 3. The SMILES string of the molecule is Cc1c(Cl)nc(C(C)C)nc1Nc1cccc(F)c1. The van der Waals surface area contributed by atoms with Gasteiger partial charge in [-0.25, -0.2) is 14.4 Å².